The summed E-state index contributed by atoms with van der Waals surface area (Å²) >= 11 is 0. The van der Waals surface area contributed by atoms with Gasteiger partial charge in [-0.15, -0.1) is 0 Å². The average molecular weight is 148 g/mol. The highest BCUT2D eigenvalue weighted by molar-refractivity contribution is 5.31. The van der Waals surface area contributed by atoms with Crippen LogP contribution in [0, 0.1) is 0 Å². The van der Waals surface area contributed by atoms with Crippen LogP contribution < -0.4 is 0 Å². The predicted molar refractivity (Wildman–Crippen MR) is 52.5 cm³/mol. The zero-order chi connectivity index (χ0) is 8.69. The lowest BCUT2D eigenvalue weighted by molar-refractivity contribution is 1.21. The Labute approximate surface area is 69.6 Å². The second-order valence-corrected chi connectivity index (χ2v) is 2.48. The van der Waals surface area contributed by atoms with Gasteiger partial charge in [0.05, 0.1) is 0 Å². The van der Waals surface area contributed by atoms with Crippen LogP contribution in [0.4, 0.5) is 0 Å². The van der Waals surface area contributed by atoms with E-state index in [1.807, 2.05) is 26.0 Å². The molecule has 0 atom stereocenters. The lowest BCUT2D eigenvalue weighted by Gasteiger charge is -2.00. The molecule has 0 N–H and O–H groups in total. The van der Waals surface area contributed by atoms with Crippen LogP contribution in [0.1, 0.15) is 20.3 Å². The summed E-state index contributed by atoms with van der Waals surface area (Å²) in [6.45, 7) is 11.6. The minimum atomic E-state index is 0.956. The van der Waals surface area contributed by atoms with Crippen LogP contribution in [0.25, 0.3) is 0 Å². The molecule has 0 amide bonds. The van der Waals surface area contributed by atoms with Crippen molar-refractivity contribution in [2.24, 2.45) is 0 Å². The summed E-state index contributed by atoms with van der Waals surface area (Å²) in [4.78, 5) is 0. The van der Waals surface area contributed by atoms with Gasteiger partial charge in [-0.25, -0.2) is 0 Å². The molecule has 0 nitrogen and oxygen atoms in total. The molecule has 0 aromatic heterocycles. The van der Waals surface area contributed by atoms with E-state index < -0.39 is 0 Å². The topological polar surface area (TPSA) is 0 Å². The van der Waals surface area contributed by atoms with Crippen LogP contribution in [0.5, 0.6) is 0 Å². The molecular weight excluding hydrogens is 132 g/mol. The van der Waals surface area contributed by atoms with Gasteiger partial charge in [0.25, 0.3) is 0 Å². The lowest BCUT2D eigenvalue weighted by Crippen LogP contribution is -1.80. The van der Waals surface area contributed by atoms with E-state index in [0.717, 1.165) is 12.0 Å². The molecule has 11 heavy (non-hydrogen) atoms. The molecular formula is C11H16. The van der Waals surface area contributed by atoms with E-state index in [0.29, 0.717) is 0 Å². The van der Waals surface area contributed by atoms with Crippen LogP contribution in [0.2, 0.25) is 0 Å². The quantitative estimate of drug-likeness (QED) is 0.422. The number of hydrogen-bond donors (Lipinski definition) is 0. The maximum atomic E-state index is 3.88. The first-order chi connectivity index (χ1) is 5.22. The van der Waals surface area contributed by atoms with Gasteiger partial charge in [0, 0.05) is 0 Å². The van der Waals surface area contributed by atoms with Crippen LogP contribution >= 0.6 is 0 Å². The third kappa shape index (κ3) is 4.38. The summed E-state index contributed by atoms with van der Waals surface area (Å²) in [6.07, 6.45) is 8.91. The third-order valence-electron chi connectivity index (χ3n) is 1.44. The monoisotopic (exact) mass is 148 g/mol. The van der Waals surface area contributed by atoms with Gasteiger partial charge in [0.1, 0.15) is 0 Å². The van der Waals surface area contributed by atoms with E-state index in [1.165, 1.54) is 5.57 Å². The van der Waals surface area contributed by atoms with Gasteiger partial charge < -0.3 is 0 Å². The fourth-order valence-electron chi connectivity index (χ4n) is 0.772. The molecule has 0 heterocycles. The minimum Gasteiger partial charge on any atom is -0.0991 e. The Kier molecular flexibility index (Phi) is 5.18. The normalized spacial score (nSPS) is 12.0. The highest BCUT2D eigenvalue weighted by Crippen LogP contribution is 2.11. The van der Waals surface area contributed by atoms with Crippen molar-refractivity contribution in [1.82, 2.24) is 0 Å². The Morgan fingerprint density at radius 3 is 2.45 bits per heavy atom. The summed E-state index contributed by atoms with van der Waals surface area (Å²) in [7, 11) is 0. The van der Waals surface area contributed by atoms with Crippen molar-refractivity contribution in [1.29, 1.82) is 0 Å². The van der Waals surface area contributed by atoms with Gasteiger partial charge >= 0.3 is 0 Å². The second-order valence-electron chi connectivity index (χ2n) is 2.48. The summed E-state index contributed by atoms with van der Waals surface area (Å²) in [5.41, 5.74) is 2.36. The molecule has 0 bridgehead atoms. The Hall–Kier alpha value is -1.04. The predicted octanol–water partition coefficient (Wildman–Crippen LogP) is 3.64. The molecule has 0 aromatic carbocycles. The largest absolute Gasteiger partial charge is 0.0991 e. The Bertz CT molecular complexity index is 192. The number of rotatable bonds is 4. The Morgan fingerprint density at radius 1 is 1.45 bits per heavy atom. The fraction of sp³-hybridized carbons (Fsp3) is 0.273. The fourth-order valence-corrected chi connectivity index (χ4v) is 0.772. The molecule has 0 aliphatic carbocycles. The van der Waals surface area contributed by atoms with Gasteiger partial charge in [-0.2, -0.15) is 0 Å². The first kappa shape index (κ1) is 9.96. The van der Waals surface area contributed by atoms with Crippen LogP contribution in [0.15, 0.2) is 48.6 Å². The standard InChI is InChI=1S/C11H16/c1-5-7-9-11(8-6-2)10(3)4/h5-8H,2-3,9H2,1,4H3/b7-5-,11-8+. The van der Waals surface area contributed by atoms with Gasteiger partial charge in [-0.1, -0.05) is 43.0 Å². The molecule has 0 unspecified atom stereocenters. The lowest BCUT2D eigenvalue weighted by atomic mass is 10.1. The van der Waals surface area contributed by atoms with E-state index in [9.17, 15) is 0 Å². The van der Waals surface area contributed by atoms with E-state index in [-0.39, 0.29) is 0 Å². The zero-order valence-electron chi connectivity index (χ0n) is 7.43. The second kappa shape index (κ2) is 5.72. The third-order valence-corrected chi connectivity index (χ3v) is 1.44. The van der Waals surface area contributed by atoms with E-state index in [4.69, 9.17) is 0 Å². The Balaban J connectivity index is 4.23. The first-order valence-electron chi connectivity index (χ1n) is 3.81. The highest BCUT2D eigenvalue weighted by Gasteiger charge is 1.91. The van der Waals surface area contributed by atoms with Crippen LogP contribution in [0.3, 0.4) is 0 Å². The van der Waals surface area contributed by atoms with Gasteiger partial charge in [-0.05, 0) is 25.8 Å². The first-order valence-corrected chi connectivity index (χ1v) is 3.81. The maximum absolute atomic E-state index is 3.88. The molecule has 0 aromatic rings. The molecule has 0 saturated carbocycles. The minimum absolute atomic E-state index is 0.956. The molecule has 0 aliphatic rings. The molecule has 0 saturated heterocycles. The Morgan fingerprint density at radius 2 is 2.09 bits per heavy atom. The van der Waals surface area contributed by atoms with Gasteiger partial charge in [-0.3, -0.25) is 0 Å². The summed E-state index contributed by atoms with van der Waals surface area (Å²) < 4.78 is 0. The van der Waals surface area contributed by atoms with Crippen molar-refractivity contribution in [3.05, 3.63) is 48.6 Å². The summed E-state index contributed by atoms with van der Waals surface area (Å²) in [5, 5.41) is 0. The van der Waals surface area contributed by atoms with Crippen molar-refractivity contribution in [2.75, 3.05) is 0 Å². The molecule has 0 fully saturated rings. The highest BCUT2D eigenvalue weighted by atomic mass is 14.0. The smallest absolute Gasteiger partial charge is 0.00952 e. The van der Waals surface area contributed by atoms with Crippen molar-refractivity contribution >= 4 is 0 Å². The SMILES string of the molecule is C=C/C=C(\C/C=C\C)C(=C)C. The van der Waals surface area contributed by atoms with E-state index in [1.54, 1.807) is 6.08 Å². The number of allylic oxidation sites excluding steroid dienone is 6. The van der Waals surface area contributed by atoms with E-state index in [2.05, 4.69) is 19.2 Å². The van der Waals surface area contributed by atoms with Gasteiger partial charge in [0.15, 0.2) is 0 Å². The molecule has 0 aliphatic heterocycles. The van der Waals surface area contributed by atoms with Crippen molar-refractivity contribution < 1.29 is 0 Å². The molecule has 0 radical (unpaired) electrons. The summed E-state index contributed by atoms with van der Waals surface area (Å²) in [6, 6.07) is 0. The van der Waals surface area contributed by atoms with Gasteiger partial charge in [0.2, 0.25) is 0 Å². The summed E-state index contributed by atoms with van der Waals surface area (Å²) in [5.74, 6) is 0. The number of hydrogen-bond acceptors (Lipinski definition) is 0. The van der Waals surface area contributed by atoms with Crippen LogP contribution in [-0.4, -0.2) is 0 Å². The van der Waals surface area contributed by atoms with E-state index >= 15 is 0 Å². The van der Waals surface area contributed by atoms with Crippen LogP contribution in [-0.2, 0) is 0 Å². The molecule has 0 spiro atoms. The average Bonchev–Trinajstić information content (AvgIpc) is 1.97. The van der Waals surface area contributed by atoms with Crippen molar-refractivity contribution in [3.63, 3.8) is 0 Å². The molecule has 0 heteroatoms. The maximum Gasteiger partial charge on any atom is -0.00952 e. The van der Waals surface area contributed by atoms with Crippen molar-refractivity contribution in [2.45, 2.75) is 20.3 Å². The zero-order valence-corrected chi connectivity index (χ0v) is 7.43. The molecule has 60 valence electrons. The molecule has 0 rings (SSSR count). The van der Waals surface area contributed by atoms with Crippen molar-refractivity contribution in [3.8, 4) is 0 Å².